The van der Waals surface area contributed by atoms with Crippen molar-refractivity contribution in [2.24, 2.45) is 5.41 Å². The summed E-state index contributed by atoms with van der Waals surface area (Å²) in [5.74, 6) is 0. The lowest BCUT2D eigenvalue weighted by atomic mass is 9.66. The fourth-order valence-electron chi connectivity index (χ4n) is 2.69. The molecular formula is C16H29N3. The van der Waals surface area contributed by atoms with E-state index in [0.717, 1.165) is 13.0 Å². The van der Waals surface area contributed by atoms with Crippen LogP contribution in [0.15, 0.2) is 12.3 Å². The van der Waals surface area contributed by atoms with Crippen molar-refractivity contribution in [3.63, 3.8) is 0 Å². The molecule has 1 aromatic rings. The lowest BCUT2D eigenvalue weighted by Crippen LogP contribution is -2.48. The Bertz CT molecular complexity index is 408. The van der Waals surface area contributed by atoms with E-state index >= 15 is 0 Å². The molecule has 108 valence electrons. The molecule has 0 radical (unpaired) electrons. The van der Waals surface area contributed by atoms with Crippen molar-refractivity contribution in [1.82, 2.24) is 15.1 Å². The lowest BCUT2D eigenvalue weighted by molar-refractivity contribution is 0.116. The third-order valence-corrected chi connectivity index (χ3v) is 4.16. The van der Waals surface area contributed by atoms with E-state index in [4.69, 9.17) is 5.10 Å². The van der Waals surface area contributed by atoms with Gasteiger partial charge in [-0.1, -0.05) is 6.42 Å². The van der Waals surface area contributed by atoms with Crippen LogP contribution in [0.3, 0.4) is 0 Å². The fourth-order valence-corrected chi connectivity index (χ4v) is 2.69. The smallest absolute Gasteiger partial charge is 0.0630 e. The molecule has 0 bridgehead atoms. The third-order valence-electron chi connectivity index (χ3n) is 4.16. The van der Waals surface area contributed by atoms with Crippen molar-refractivity contribution < 1.29 is 0 Å². The average molecular weight is 263 g/mol. The normalized spacial score (nSPS) is 18.6. The zero-order valence-corrected chi connectivity index (χ0v) is 13.2. The van der Waals surface area contributed by atoms with Crippen LogP contribution in [-0.4, -0.2) is 21.9 Å². The second-order valence-corrected chi connectivity index (χ2v) is 7.51. The zero-order chi connectivity index (χ0) is 14.1. The second kappa shape index (κ2) is 5.28. The fraction of sp³-hybridized carbons (Fsp3) is 0.812. The predicted octanol–water partition coefficient (Wildman–Crippen LogP) is 3.56. The molecule has 19 heavy (non-hydrogen) atoms. The summed E-state index contributed by atoms with van der Waals surface area (Å²) in [5, 5.41) is 8.39. The van der Waals surface area contributed by atoms with Gasteiger partial charge in [-0.2, -0.15) is 5.10 Å². The Morgan fingerprint density at radius 2 is 2.05 bits per heavy atom. The first-order valence-electron chi connectivity index (χ1n) is 7.59. The number of hydrogen-bond acceptors (Lipinski definition) is 2. The second-order valence-electron chi connectivity index (χ2n) is 7.51. The minimum Gasteiger partial charge on any atom is -0.312 e. The van der Waals surface area contributed by atoms with Crippen LogP contribution in [0.1, 0.15) is 65.6 Å². The van der Waals surface area contributed by atoms with Gasteiger partial charge in [0.1, 0.15) is 0 Å². The van der Waals surface area contributed by atoms with E-state index in [1.165, 1.54) is 25.0 Å². The van der Waals surface area contributed by atoms with Gasteiger partial charge in [-0.05, 0) is 65.4 Å². The summed E-state index contributed by atoms with van der Waals surface area (Å²) >= 11 is 0. The predicted molar refractivity (Wildman–Crippen MR) is 80.4 cm³/mol. The molecule has 1 N–H and O–H groups in total. The molecule has 0 aromatic carbocycles. The first-order chi connectivity index (χ1) is 8.80. The summed E-state index contributed by atoms with van der Waals surface area (Å²) in [6.07, 6.45) is 7.28. The highest BCUT2D eigenvalue weighted by Crippen LogP contribution is 2.43. The Morgan fingerprint density at radius 3 is 2.47 bits per heavy atom. The highest BCUT2D eigenvalue weighted by molar-refractivity contribution is 5.07. The summed E-state index contributed by atoms with van der Waals surface area (Å²) in [6.45, 7) is 12.2. The van der Waals surface area contributed by atoms with Crippen LogP contribution in [0, 0.1) is 5.41 Å². The van der Waals surface area contributed by atoms with E-state index in [0.29, 0.717) is 11.5 Å². The summed E-state index contributed by atoms with van der Waals surface area (Å²) in [4.78, 5) is 0. The third kappa shape index (κ3) is 3.82. The van der Waals surface area contributed by atoms with E-state index in [1.807, 2.05) is 0 Å². The molecule has 1 heterocycles. The molecule has 0 atom stereocenters. The summed E-state index contributed by atoms with van der Waals surface area (Å²) < 4.78 is 2.07. The van der Waals surface area contributed by atoms with Crippen molar-refractivity contribution in [2.75, 3.05) is 6.54 Å². The van der Waals surface area contributed by atoms with Crippen LogP contribution in [0.4, 0.5) is 0 Å². The van der Waals surface area contributed by atoms with Gasteiger partial charge < -0.3 is 5.32 Å². The van der Waals surface area contributed by atoms with Crippen LogP contribution in [0.25, 0.3) is 0 Å². The van der Waals surface area contributed by atoms with Crippen LogP contribution in [0.2, 0.25) is 0 Å². The van der Waals surface area contributed by atoms with Gasteiger partial charge in [0.15, 0.2) is 0 Å². The highest BCUT2D eigenvalue weighted by Gasteiger charge is 2.38. The first kappa shape index (κ1) is 14.6. The molecule has 1 saturated carbocycles. The molecule has 0 unspecified atom stereocenters. The number of nitrogens with one attached hydrogen (secondary N) is 1. The molecule has 3 nitrogen and oxygen atoms in total. The number of hydrogen-bond donors (Lipinski definition) is 1. The number of aromatic nitrogens is 2. The average Bonchev–Trinajstić information content (AvgIpc) is 2.69. The summed E-state index contributed by atoms with van der Waals surface area (Å²) in [5.41, 5.74) is 1.91. The molecule has 0 amide bonds. The van der Waals surface area contributed by atoms with E-state index < -0.39 is 0 Å². The summed E-state index contributed by atoms with van der Waals surface area (Å²) in [7, 11) is 0. The minimum absolute atomic E-state index is 0.208. The Morgan fingerprint density at radius 1 is 1.37 bits per heavy atom. The molecule has 1 fully saturated rings. The van der Waals surface area contributed by atoms with Gasteiger partial charge >= 0.3 is 0 Å². The van der Waals surface area contributed by atoms with Crippen LogP contribution < -0.4 is 5.32 Å². The van der Waals surface area contributed by atoms with Gasteiger partial charge in [-0.15, -0.1) is 0 Å². The van der Waals surface area contributed by atoms with Gasteiger partial charge in [-0.3, -0.25) is 4.68 Å². The maximum absolute atomic E-state index is 4.71. The molecule has 0 aliphatic heterocycles. The van der Waals surface area contributed by atoms with E-state index in [1.54, 1.807) is 0 Å². The van der Waals surface area contributed by atoms with E-state index in [-0.39, 0.29) is 5.54 Å². The Balaban J connectivity index is 1.97. The number of nitrogens with zero attached hydrogens (tertiary/aromatic N) is 2. The zero-order valence-electron chi connectivity index (χ0n) is 13.2. The lowest BCUT2D eigenvalue weighted by Gasteiger charge is -2.43. The van der Waals surface area contributed by atoms with Crippen molar-refractivity contribution in [3.05, 3.63) is 18.0 Å². The summed E-state index contributed by atoms with van der Waals surface area (Å²) in [6, 6.07) is 2.65. The van der Waals surface area contributed by atoms with Gasteiger partial charge in [-0.25, -0.2) is 0 Å². The Hall–Kier alpha value is -0.830. The Labute approximate surface area is 117 Å². The SMILES string of the molecule is CC(C)n1ccc(CC2(CNC(C)(C)C)CCC2)n1. The minimum atomic E-state index is 0.208. The van der Waals surface area contributed by atoms with E-state index in [2.05, 4.69) is 56.9 Å². The molecule has 1 aliphatic carbocycles. The molecule has 1 aliphatic rings. The van der Waals surface area contributed by atoms with Gasteiger partial charge in [0, 0.05) is 24.3 Å². The Kier molecular flexibility index (Phi) is 4.05. The van der Waals surface area contributed by atoms with E-state index in [9.17, 15) is 0 Å². The maximum atomic E-state index is 4.71. The van der Waals surface area contributed by atoms with Crippen molar-refractivity contribution in [3.8, 4) is 0 Å². The van der Waals surface area contributed by atoms with Gasteiger partial charge in [0.05, 0.1) is 5.69 Å². The van der Waals surface area contributed by atoms with Crippen molar-refractivity contribution >= 4 is 0 Å². The molecule has 3 heteroatoms. The van der Waals surface area contributed by atoms with Gasteiger partial charge in [0.25, 0.3) is 0 Å². The standard InChI is InChI=1S/C16H29N3/c1-13(2)19-10-7-14(18-19)11-16(8-6-9-16)12-17-15(3,4)5/h7,10,13,17H,6,8-9,11-12H2,1-5H3. The number of rotatable bonds is 5. The maximum Gasteiger partial charge on any atom is 0.0630 e. The quantitative estimate of drug-likeness (QED) is 0.880. The molecule has 0 saturated heterocycles. The topological polar surface area (TPSA) is 29.9 Å². The van der Waals surface area contributed by atoms with Crippen LogP contribution in [0.5, 0.6) is 0 Å². The molecule has 0 spiro atoms. The van der Waals surface area contributed by atoms with Crippen LogP contribution >= 0.6 is 0 Å². The van der Waals surface area contributed by atoms with Gasteiger partial charge in [0.2, 0.25) is 0 Å². The van der Waals surface area contributed by atoms with Crippen molar-refractivity contribution in [2.45, 2.75) is 71.9 Å². The molecular weight excluding hydrogens is 234 g/mol. The largest absolute Gasteiger partial charge is 0.312 e. The van der Waals surface area contributed by atoms with Crippen LogP contribution in [-0.2, 0) is 6.42 Å². The molecule has 2 rings (SSSR count). The molecule has 1 aromatic heterocycles. The van der Waals surface area contributed by atoms with Crippen molar-refractivity contribution in [1.29, 1.82) is 0 Å². The first-order valence-corrected chi connectivity index (χ1v) is 7.59. The highest BCUT2D eigenvalue weighted by atomic mass is 15.3. The monoisotopic (exact) mass is 263 g/mol.